The predicted octanol–water partition coefficient (Wildman–Crippen LogP) is 5.09. The van der Waals surface area contributed by atoms with E-state index in [0.29, 0.717) is 0 Å². The van der Waals surface area contributed by atoms with Gasteiger partial charge in [-0.2, -0.15) is 0 Å². The van der Waals surface area contributed by atoms with E-state index in [0.717, 1.165) is 32.4 Å². The second kappa shape index (κ2) is 6.41. The van der Waals surface area contributed by atoms with Gasteiger partial charge in [0.25, 0.3) is 5.91 Å². The van der Waals surface area contributed by atoms with Crippen LogP contribution in [0.4, 0.5) is 5.69 Å². The first-order valence-electron chi connectivity index (χ1n) is 6.71. The molecule has 1 amide bonds. The molecule has 21 heavy (non-hydrogen) atoms. The van der Waals surface area contributed by atoms with Crippen molar-refractivity contribution < 1.29 is 4.79 Å². The zero-order chi connectivity index (χ0) is 14.7. The Hall–Kier alpha value is -1.65. The number of thiophene rings is 1. The van der Waals surface area contributed by atoms with Crippen LogP contribution in [0.1, 0.15) is 15.2 Å². The van der Waals surface area contributed by atoms with Crippen molar-refractivity contribution in [1.82, 2.24) is 0 Å². The monoisotopic (exact) mass is 359 g/mol. The van der Waals surface area contributed by atoms with Gasteiger partial charge in [0.2, 0.25) is 0 Å². The lowest BCUT2D eigenvalue weighted by atomic mass is 10.1. The minimum atomic E-state index is -0.0514. The smallest absolute Gasteiger partial charge is 0.265 e. The van der Waals surface area contributed by atoms with Crippen LogP contribution in [0.5, 0.6) is 0 Å². The van der Waals surface area contributed by atoms with Crippen LogP contribution >= 0.6 is 27.3 Å². The third kappa shape index (κ3) is 3.34. The van der Waals surface area contributed by atoms with Crippen molar-refractivity contribution >= 4 is 48.9 Å². The Kier molecular flexibility index (Phi) is 4.36. The SMILES string of the molecule is O=C(Nc1ccc(CCBr)cc1)c1cc2ccccc2s1. The third-order valence-corrected chi connectivity index (χ3v) is 4.76. The van der Waals surface area contributed by atoms with Gasteiger partial charge in [-0.1, -0.05) is 46.3 Å². The van der Waals surface area contributed by atoms with E-state index in [1.165, 1.54) is 16.9 Å². The summed E-state index contributed by atoms with van der Waals surface area (Å²) in [7, 11) is 0. The summed E-state index contributed by atoms with van der Waals surface area (Å²) in [5, 5.41) is 5.00. The highest BCUT2D eigenvalue weighted by molar-refractivity contribution is 9.09. The van der Waals surface area contributed by atoms with E-state index < -0.39 is 0 Å². The second-order valence-electron chi connectivity index (χ2n) is 4.74. The van der Waals surface area contributed by atoms with Crippen molar-refractivity contribution in [3.05, 3.63) is 65.0 Å². The highest BCUT2D eigenvalue weighted by atomic mass is 79.9. The molecule has 0 saturated carbocycles. The molecule has 106 valence electrons. The van der Waals surface area contributed by atoms with Crippen LogP contribution in [0.25, 0.3) is 10.1 Å². The van der Waals surface area contributed by atoms with Gasteiger partial charge in [-0.05, 0) is 41.6 Å². The molecule has 1 N–H and O–H groups in total. The molecule has 0 bridgehead atoms. The largest absolute Gasteiger partial charge is 0.321 e. The van der Waals surface area contributed by atoms with Crippen LogP contribution in [0, 0.1) is 0 Å². The summed E-state index contributed by atoms with van der Waals surface area (Å²) in [6, 6.07) is 18.0. The van der Waals surface area contributed by atoms with E-state index >= 15 is 0 Å². The molecule has 0 fully saturated rings. The summed E-state index contributed by atoms with van der Waals surface area (Å²) in [5.74, 6) is -0.0514. The van der Waals surface area contributed by atoms with Gasteiger partial charge < -0.3 is 5.32 Å². The van der Waals surface area contributed by atoms with Gasteiger partial charge >= 0.3 is 0 Å². The van der Waals surface area contributed by atoms with E-state index in [4.69, 9.17) is 0 Å². The van der Waals surface area contributed by atoms with Crippen molar-refractivity contribution in [2.45, 2.75) is 6.42 Å². The van der Waals surface area contributed by atoms with Crippen LogP contribution in [-0.2, 0) is 6.42 Å². The van der Waals surface area contributed by atoms with E-state index in [9.17, 15) is 4.79 Å². The molecule has 0 saturated heterocycles. The van der Waals surface area contributed by atoms with Crippen molar-refractivity contribution in [2.75, 3.05) is 10.6 Å². The van der Waals surface area contributed by atoms with Gasteiger partial charge in [0.1, 0.15) is 0 Å². The minimum Gasteiger partial charge on any atom is -0.321 e. The number of amides is 1. The maximum Gasteiger partial charge on any atom is 0.265 e. The first-order chi connectivity index (χ1) is 10.3. The number of nitrogens with one attached hydrogen (secondary N) is 1. The fourth-order valence-corrected chi connectivity index (χ4v) is 3.57. The topological polar surface area (TPSA) is 29.1 Å². The predicted molar refractivity (Wildman–Crippen MR) is 93.7 cm³/mol. The maximum atomic E-state index is 12.3. The molecule has 0 spiro atoms. The summed E-state index contributed by atoms with van der Waals surface area (Å²) >= 11 is 4.94. The van der Waals surface area contributed by atoms with Crippen LogP contribution in [0.2, 0.25) is 0 Å². The normalized spacial score (nSPS) is 10.7. The molecule has 4 heteroatoms. The van der Waals surface area contributed by atoms with Gasteiger partial charge in [0, 0.05) is 15.7 Å². The van der Waals surface area contributed by atoms with Crippen LogP contribution < -0.4 is 5.32 Å². The highest BCUT2D eigenvalue weighted by Crippen LogP contribution is 2.26. The van der Waals surface area contributed by atoms with Crippen LogP contribution in [0.15, 0.2) is 54.6 Å². The summed E-state index contributed by atoms with van der Waals surface area (Å²) < 4.78 is 1.13. The van der Waals surface area contributed by atoms with E-state index in [2.05, 4.69) is 21.2 Å². The highest BCUT2D eigenvalue weighted by Gasteiger charge is 2.10. The first-order valence-corrected chi connectivity index (χ1v) is 8.65. The number of fused-ring (bicyclic) bond motifs is 1. The Bertz CT molecular complexity index is 731. The van der Waals surface area contributed by atoms with Gasteiger partial charge in [0.15, 0.2) is 0 Å². The molecular weight excluding hydrogens is 346 g/mol. The number of hydrogen-bond donors (Lipinski definition) is 1. The molecule has 0 atom stereocenters. The number of benzene rings is 2. The number of hydrogen-bond acceptors (Lipinski definition) is 2. The van der Waals surface area contributed by atoms with Gasteiger partial charge in [-0.25, -0.2) is 0 Å². The standard InChI is InChI=1S/C17H14BrNOS/c18-10-9-12-5-7-14(8-6-12)19-17(20)16-11-13-3-1-2-4-15(13)21-16/h1-8,11H,9-10H2,(H,19,20). The minimum absolute atomic E-state index is 0.0514. The van der Waals surface area contributed by atoms with E-state index in [1.54, 1.807) is 0 Å². The number of rotatable bonds is 4. The number of halogens is 1. The lowest BCUT2D eigenvalue weighted by molar-refractivity contribution is 0.103. The summed E-state index contributed by atoms with van der Waals surface area (Å²) in [6.07, 6.45) is 0.991. The lowest BCUT2D eigenvalue weighted by Crippen LogP contribution is -2.09. The van der Waals surface area contributed by atoms with Crippen molar-refractivity contribution in [2.24, 2.45) is 0 Å². The molecule has 0 aliphatic heterocycles. The quantitative estimate of drug-likeness (QED) is 0.645. The molecule has 3 aromatic rings. The molecule has 0 aliphatic rings. The molecule has 1 aromatic heterocycles. The van der Waals surface area contributed by atoms with Gasteiger partial charge in [-0.15, -0.1) is 11.3 Å². The second-order valence-corrected chi connectivity index (χ2v) is 6.62. The molecule has 2 aromatic carbocycles. The Morgan fingerprint density at radius 2 is 1.86 bits per heavy atom. The number of carbonyl (C=O) groups excluding carboxylic acids is 1. The Balaban J connectivity index is 1.76. The van der Waals surface area contributed by atoms with Crippen molar-refractivity contribution in [3.8, 4) is 0 Å². The fourth-order valence-electron chi connectivity index (χ4n) is 2.15. The number of aryl methyl sites for hydroxylation is 1. The molecule has 0 aliphatic carbocycles. The average Bonchev–Trinajstić information content (AvgIpc) is 2.94. The number of carbonyl (C=O) groups is 1. The Morgan fingerprint density at radius 3 is 2.57 bits per heavy atom. The number of anilines is 1. The van der Waals surface area contributed by atoms with Crippen molar-refractivity contribution in [3.63, 3.8) is 0 Å². The molecule has 0 radical (unpaired) electrons. The Labute approximate surface area is 135 Å². The van der Waals surface area contributed by atoms with Crippen molar-refractivity contribution in [1.29, 1.82) is 0 Å². The van der Waals surface area contributed by atoms with Crippen LogP contribution in [-0.4, -0.2) is 11.2 Å². The summed E-state index contributed by atoms with van der Waals surface area (Å²) in [6.45, 7) is 0. The molecule has 3 rings (SSSR count). The number of alkyl halides is 1. The maximum absolute atomic E-state index is 12.3. The zero-order valence-electron chi connectivity index (χ0n) is 11.3. The fraction of sp³-hybridized carbons (Fsp3) is 0.118. The summed E-state index contributed by atoms with van der Waals surface area (Å²) in [4.78, 5) is 13.0. The zero-order valence-corrected chi connectivity index (χ0v) is 13.7. The average molecular weight is 360 g/mol. The third-order valence-electron chi connectivity index (χ3n) is 3.24. The Morgan fingerprint density at radius 1 is 1.10 bits per heavy atom. The lowest BCUT2D eigenvalue weighted by Gasteiger charge is -2.04. The van der Waals surface area contributed by atoms with Gasteiger partial charge in [0.05, 0.1) is 4.88 Å². The molecule has 0 unspecified atom stereocenters. The molecule has 2 nitrogen and oxygen atoms in total. The molecule has 1 heterocycles. The van der Waals surface area contributed by atoms with E-state index in [1.807, 2.05) is 54.6 Å². The molecular formula is C17H14BrNOS. The van der Waals surface area contributed by atoms with Crippen LogP contribution in [0.3, 0.4) is 0 Å². The van der Waals surface area contributed by atoms with Gasteiger partial charge in [-0.3, -0.25) is 4.79 Å². The summed E-state index contributed by atoms with van der Waals surface area (Å²) in [5.41, 5.74) is 2.09. The first kappa shape index (κ1) is 14.3. The van der Waals surface area contributed by atoms with E-state index in [-0.39, 0.29) is 5.91 Å².